The zero-order valence-electron chi connectivity index (χ0n) is 19.3. The van der Waals surface area contributed by atoms with Crippen molar-refractivity contribution in [2.24, 2.45) is 5.92 Å². The van der Waals surface area contributed by atoms with Crippen LogP contribution in [-0.4, -0.2) is 58.6 Å². The Balaban J connectivity index is 1.19. The van der Waals surface area contributed by atoms with Gasteiger partial charge in [-0.25, -0.2) is 9.97 Å². The number of hydrogen-bond acceptors (Lipinski definition) is 6. The average Bonchev–Trinajstić information content (AvgIpc) is 2.88. The normalized spacial score (nSPS) is 24.6. The van der Waals surface area contributed by atoms with Gasteiger partial charge in [0.2, 0.25) is 0 Å². The van der Waals surface area contributed by atoms with Crippen LogP contribution in [0.15, 0.2) is 67.3 Å². The number of nitrogens with zero attached hydrogens (tertiary/aromatic N) is 3. The number of benzene rings is 2. The van der Waals surface area contributed by atoms with Crippen LogP contribution in [0.1, 0.15) is 29.9 Å². The predicted octanol–water partition coefficient (Wildman–Crippen LogP) is 3.51. The molecule has 2 bridgehead atoms. The number of carbonyl (C=O) groups is 2. The van der Waals surface area contributed by atoms with Crippen LogP contribution in [0, 0.1) is 5.92 Å². The third kappa shape index (κ3) is 4.14. The van der Waals surface area contributed by atoms with Crippen LogP contribution in [0.25, 0.3) is 0 Å². The molecule has 4 aliphatic heterocycles. The molecule has 1 aromatic heterocycles. The van der Waals surface area contributed by atoms with Crippen LogP contribution in [0.4, 0.5) is 5.69 Å². The van der Waals surface area contributed by atoms with Crippen LogP contribution >= 0.6 is 0 Å². The van der Waals surface area contributed by atoms with Gasteiger partial charge in [-0.15, -0.1) is 0 Å². The van der Waals surface area contributed by atoms with Crippen LogP contribution in [-0.2, 0) is 14.3 Å². The highest BCUT2D eigenvalue weighted by atomic mass is 16.5. The minimum absolute atomic E-state index is 0.0717. The van der Waals surface area contributed by atoms with E-state index in [0.29, 0.717) is 40.7 Å². The lowest BCUT2D eigenvalue weighted by atomic mass is 9.82. The average molecular weight is 472 g/mol. The Morgan fingerprint density at radius 3 is 2.26 bits per heavy atom. The maximum Gasteiger partial charge on any atom is 0.318 e. The minimum atomic E-state index is -0.526. The van der Waals surface area contributed by atoms with Gasteiger partial charge >= 0.3 is 5.97 Å². The number of ether oxygens (including phenoxy) is 2. The van der Waals surface area contributed by atoms with Crippen LogP contribution in [0.2, 0.25) is 0 Å². The van der Waals surface area contributed by atoms with Crippen LogP contribution < -0.4 is 10.1 Å². The number of piperidine rings is 3. The summed E-state index contributed by atoms with van der Waals surface area (Å²) in [5.74, 6) is 0.851. The number of carbonyl (C=O) groups excluding carboxylic acids is 2. The molecule has 0 spiro atoms. The zero-order valence-corrected chi connectivity index (χ0v) is 19.3. The second-order valence-electron chi connectivity index (χ2n) is 9.73. The molecule has 0 saturated carbocycles. The first kappa shape index (κ1) is 21.7. The van der Waals surface area contributed by atoms with Gasteiger partial charge in [-0.1, -0.05) is 36.4 Å². The largest absolute Gasteiger partial charge is 0.457 e. The smallest absolute Gasteiger partial charge is 0.318 e. The van der Waals surface area contributed by atoms with E-state index in [9.17, 15) is 9.59 Å². The second-order valence-corrected chi connectivity index (χ2v) is 9.73. The van der Waals surface area contributed by atoms with Gasteiger partial charge in [0.05, 0.1) is 31.2 Å². The lowest BCUT2D eigenvalue weighted by Crippen LogP contribution is -2.66. The molecule has 1 atom stereocenters. The first-order chi connectivity index (χ1) is 17.1. The fraction of sp³-hybridized carbons (Fsp3) is 0.333. The summed E-state index contributed by atoms with van der Waals surface area (Å²) < 4.78 is 12.9. The van der Waals surface area contributed by atoms with Gasteiger partial charge in [0, 0.05) is 29.9 Å². The maximum atomic E-state index is 13.7. The molecule has 178 valence electrons. The van der Waals surface area contributed by atoms with Gasteiger partial charge in [-0.3, -0.25) is 9.59 Å². The third-order valence-corrected chi connectivity index (χ3v) is 7.55. The van der Waals surface area contributed by atoms with E-state index >= 15 is 0 Å². The summed E-state index contributed by atoms with van der Waals surface area (Å²) in [6.07, 6.45) is 6.28. The van der Waals surface area contributed by atoms with Gasteiger partial charge in [-0.05, 0) is 12.1 Å². The Morgan fingerprint density at radius 2 is 1.60 bits per heavy atom. The van der Waals surface area contributed by atoms with Crippen LogP contribution in [0.3, 0.4) is 0 Å². The highest BCUT2D eigenvalue weighted by Crippen LogP contribution is 2.45. The van der Waals surface area contributed by atoms with Gasteiger partial charge in [-0.2, -0.15) is 0 Å². The quantitative estimate of drug-likeness (QED) is 0.453. The first-order valence-electron chi connectivity index (χ1n) is 12.1. The van der Waals surface area contributed by atoms with Crippen molar-refractivity contribution in [3.63, 3.8) is 0 Å². The van der Waals surface area contributed by atoms with E-state index < -0.39 is 5.92 Å². The van der Waals surface area contributed by atoms with E-state index in [1.807, 2.05) is 48.5 Å². The number of amides is 1. The van der Waals surface area contributed by atoms with Crippen molar-refractivity contribution < 1.29 is 23.5 Å². The number of quaternary nitrogens is 1. The van der Waals surface area contributed by atoms with Crippen molar-refractivity contribution in [3.8, 4) is 11.5 Å². The zero-order chi connectivity index (χ0) is 23.8. The Hall–Kier alpha value is -3.78. The summed E-state index contributed by atoms with van der Waals surface area (Å²) in [6, 6.07) is 15.3. The molecule has 1 unspecified atom stereocenters. The number of nitrogens with one attached hydrogen (secondary N) is 1. The van der Waals surface area contributed by atoms with E-state index in [2.05, 4.69) is 15.3 Å². The SMILES string of the molecule is O=C(C[N+]12CCC(CC1)C(OC(=O)C1c3ccccc3Oc3ccccc31)C2)Nc1cncnc1. The molecule has 0 radical (unpaired) electrons. The van der Waals surface area contributed by atoms with Gasteiger partial charge in [0.25, 0.3) is 5.91 Å². The Labute approximate surface area is 203 Å². The number of anilines is 1. The monoisotopic (exact) mass is 471 g/mol. The number of rotatable bonds is 5. The number of aromatic nitrogens is 2. The molecular weight excluding hydrogens is 444 g/mol. The standard InChI is InChI=1S/C27H26N4O4/c32-25(30-19-13-28-17-29-14-19)16-31-11-9-18(10-12-31)24(15-31)35-27(33)26-20-5-1-3-7-22(20)34-23-8-4-2-6-21(23)26/h1-8,13-14,17-18,24,26H,9-12,15-16H2/p+1. The first-order valence-corrected chi connectivity index (χ1v) is 12.1. The van der Waals surface area contributed by atoms with Crippen molar-refractivity contribution in [3.05, 3.63) is 78.4 Å². The van der Waals surface area contributed by atoms with E-state index in [0.717, 1.165) is 37.1 Å². The lowest BCUT2D eigenvalue weighted by molar-refractivity contribution is -0.938. The third-order valence-electron chi connectivity index (χ3n) is 7.55. The molecule has 0 aliphatic carbocycles. The molecule has 1 N–H and O–H groups in total. The van der Waals surface area contributed by atoms with Crippen molar-refractivity contribution >= 4 is 17.6 Å². The summed E-state index contributed by atoms with van der Waals surface area (Å²) in [5, 5.41) is 2.89. The lowest BCUT2D eigenvalue weighted by Gasteiger charge is -2.51. The summed E-state index contributed by atoms with van der Waals surface area (Å²) in [7, 11) is 0. The maximum absolute atomic E-state index is 13.7. The van der Waals surface area contributed by atoms with E-state index in [1.54, 1.807) is 12.4 Å². The molecule has 1 amide bonds. The van der Waals surface area contributed by atoms with Gasteiger partial charge < -0.3 is 19.3 Å². The van der Waals surface area contributed by atoms with Gasteiger partial charge in [0.15, 0.2) is 12.6 Å². The molecule has 7 rings (SSSR count). The molecular formula is C27H27N4O4+. The second kappa shape index (κ2) is 8.78. The summed E-state index contributed by atoms with van der Waals surface area (Å²) in [4.78, 5) is 34.4. The summed E-state index contributed by atoms with van der Waals surface area (Å²) >= 11 is 0. The Bertz CT molecular complexity index is 1210. The predicted molar refractivity (Wildman–Crippen MR) is 128 cm³/mol. The number of esters is 1. The molecule has 8 heteroatoms. The molecule has 5 heterocycles. The van der Waals surface area contributed by atoms with Crippen molar-refractivity contribution in [2.75, 3.05) is 31.5 Å². The number of hydrogen-bond donors (Lipinski definition) is 1. The van der Waals surface area contributed by atoms with E-state index in [-0.39, 0.29) is 18.0 Å². The highest BCUT2D eigenvalue weighted by molar-refractivity contribution is 5.91. The van der Waals surface area contributed by atoms with Crippen molar-refractivity contribution in [2.45, 2.75) is 24.9 Å². The number of fused-ring (bicyclic) bond motifs is 5. The van der Waals surface area contributed by atoms with Crippen molar-refractivity contribution in [1.29, 1.82) is 0 Å². The minimum Gasteiger partial charge on any atom is -0.457 e. The summed E-state index contributed by atoms with van der Waals surface area (Å²) in [5.41, 5.74) is 2.24. The van der Waals surface area contributed by atoms with Crippen LogP contribution in [0.5, 0.6) is 11.5 Å². The van der Waals surface area contributed by atoms with Crippen molar-refractivity contribution in [1.82, 2.24) is 9.97 Å². The number of para-hydroxylation sites is 2. The van der Waals surface area contributed by atoms with Gasteiger partial charge in [0.1, 0.15) is 30.3 Å². The molecule has 3 saturated heterocycles. The Kier molecular flexibility index (Phi) is 5.45. The highest BCUT2D eigenvalue weighted by Gasteiger charge is 2.49. The molecule has 4 aliphatic rings. The molecule has 8 nitrogen and oxygen atoms in total. The topological polar surface area (TPSA) is 90.4 Å². The molecule has 3 aromatic rings. The van der Waals surface area contributed by atoms with E-state index in [1.165, 1.54) is 6.33 Å². The Morgan fingerprint density at radius 1 is 0.971 bits per heavy atom. The molecule has 3 fully saturated rings. The molecule has 2 aromatic carbocycles. The fourth-order valence-corrected chi connectivity index (χ4v) is 5.83. The molecule has 35 heavy (non-hydrogen) atoms. The summed E-state index contributed by atoms with van der Waals surface area (Å²) in [6.45, 7) is 2.83. The van der Waals surface area contributed by atoms with E-state index in [4.69, 9.17) is 9.47 Å². The fourth-order valence-electron chi connectivity index (χ4n) is 5.83.